The van der Waals surface area contributed by atoms with Crippen LogP contribution in [0.25, 0.3) is 44.4 Å². The topological polar surface area (TPSA) is 69.5 Å². The lowest BCUT2D eigenvalue weighted by atomic mass is 9.96. The molecule has 1 N–H and O–H groups in total. The van der Waals surface area contributed by atoms with E-state index in [9.17, 15) is 4.79 Å². The summed E-state index contributed by atoms with van der Waals surface area (Å²) < 4.78 is 0. The Kier molecular flexibility index (Phi) is 4.62. The first-order valence-electron chi connectivity index (χ1n) is 9.92. The minimum atomic E-state index is -0.184. The van der Waals surface area contributed by atoms with Gasteiger partial charge in [0.2, 0.25) is 0 Å². The summed E-state index contributed by atoms with van der Waals surface area (Å²) >= 11 is 0. The molecule has 0 saturated heterocycles. The maximum atomic E-state index is 12.8. The normalized spacial score (nSPS) is 10.7. The molecule has 2 heterocycles. The smallest absolute Gasteiger partial charge is 0.257 e. The van der Waals surface area contributed by atoms with Crippen molar-refractivity contribution in [1.82, 2.24) is 9.97 Å². The molecule has 0 bridgehead atoms. The number of fused-ring (bicyclic) bond motifs is 1. The van der Waals surface area contributed by atoms with Crippen LogP contribution in [0, 0.1) is 11.3 Å². The van der Waals surface area contributed by atoms with Gasteiger partial charge in [-0.05, 0) is 29.3 Å². The van der Waals surface area contributed by atoms with Crippen molar-refractivity contribution in [3.63, 3.8) is 0 Å². The highest BCUT2D eigenvalue weighted by Crippen LogP contribution is 2.35. The van der Waals surface area contributed by atoms with Crippen molar-refractivity contribution in [3.8, 4) is 39.6 Å². The van der Waals surface area contributed by atoms with Crippen LogP contribution in [0.4, 0.5) is 0 Å². The van der Waals surface area contributed by atoms with Gasteiger partial charge in [0.05, 0.1) is 28.2 Å². The van der Waals surface area contributed by atoms with E-state index in [0.29, 0.717) is 16.5 Å². The molecule has 4 heteroatoms. The number of hydrogen-bond donors (Lipinski definition) is 1. The number of benzene rings is 3. The molecule has 2 aromatic heterocycles. The molecule has 0 amide bonds. The largest absolute Gasteiger partial charge is 0.328 e. The van der Waals surface area contributed by atoms with Gasteiger partial charge < -0.3 is 4.98 Å². The summed E-state index contributed by atoms with van der Waals surface area (Å²) in [4.78, 5) is 20.6. The van der Waals surface area contributed by atoms with E-state index < -0.39 is 0 Å². The lowest BCUT2D eigenvalue weighted by Crippen LogP contribution is -2.08. The van der Waals surface area contributed by atoms with Gasteiger partial charge in [-0.15, -0.1) is 0 Å². The first-order chi connectivity index (χ1) is 15.2. The van der Waals surface area contributed by atoms with Gasteiger partial charge in [0.15, 0.2) is 0 Å². The fourth-order valence-corrected chi connectivity index (χ4v) is 3.77. The van der Waals surface area contributed by atoms with Crippen LogP contribution in [-0.2, 0) is 0 Å². The summed E-state index contributed by atoms with van der Waals surface area (Å²) in [5, 5.41) is 9.63. The van der Waals surface area contributed by atoms with Crippen molar-refractivity contribution in [2.75, 3.05) is 0 Å². The monoisotopic (exact) mass is 399 g/mol. The zero-order valence-corrected chi connectivity index (χ0v) is 16.5. The maximum Gasteiger partial charge on any atom is 0.257 e. The van der Waals surface area contributed by atoms with E-state index >= 15 is 0 Å². The standard InChI is InChI=1S/C27H17N3O/c28-16-18-11-13-20(14-12-18)24-17-29-27(31)23-15-22(19-7-3-1-4-8-19)25(30-26(23)24)21-9-5-2-6-10-21/h1-15,17H,(H,29,31). The third-order valence-electron chi connectivity index (χ3n) is 5.33. The number of hydrogen-bond acceptors (Lipinski definition) is 3. The molecule has 0 spiro atoms. The number of nitrogens with one attached hydrogen (secondary N) is 1. The van der Waals surface area contributed by atoms with Gasteiger partial charge in [-0.3, -0.25) is 4.79 Å². The van der Waals surface area contributed by atoms with Crippen molar-refractivity contribution in [1.29, 1.82) is 5.26 Å². The van der Waals surface area contributed by atoms with Crippen LogP contribution >= 0.6 is 0 Å². The molecular weight excluding hydrogens is 382 g/mol. The van der Waals surface area contributed by atoms with Gasteiger partial charge in [0.25, 0.3) is 5.56 Å². The zero-order valence-electron chi connectivity index (χ0n) is 16.5. The lowest BCUT2D eigenvalue weighted by molar-refractivity contribution is 1.26. The number of aromatic amines is 1. The molecule has 0 radical (unpaired) electrons. The first kappa shape index (κ1) is 18.5. The van der Waals surface area contributed by atoms with Crippen LogP contribution in [0.5, 0.6) is 0 Å². The molecule has 5 aromatic rings. The van der Waals surface area contributed by atoms with E-state index in [1.807, 2.05) is 78.9 Å². The number of rotatable bonds is 3. The molecule has 3 aromatic carbocycles. The molecule has 0 atom stereocenters. The van der Waals surface area contributed by atoms with E-state index in [0.717, 1.165) is 33.5 Å². The summed E-state index contributed by atoms with van der Waals surface area (Å²) in [6, 6.07) is 31.3. The summed E-state index contributed by atoms with van der Waals surface area (Å²) in [6.45, 7) is 0. The average Bonchev–Trinajstić information content (AvgIpc) is 2.85. The second-order valence-corrected chi connectivity index (χ2v) is 7.23. The fraction of sp³-hybridized carbons (Fsp3) is 0. The number of nitriles is 1. The molecule has 0 aliphatic heterocycles. The van der Waals surface area contributed by atoms with Gasteiger partial charge in [-0.25, -0.2) is 4.98 Å². The molecular formula is C27H17N3O. The van der Waals surface area contributed by atoms with Crippen LogP contribution in [0.15, 0.2) is 102 Å². The molecule has 5 rings (SSSR count). The van der Waals surface area contributed by atoms with E-state index in [1.165, 1.54) is 0 Å². The molecule has 0 aliphatic carbocycles. The van der Waals surface area contributed by atoms with Gasteiger partial charge in [0, 0.05) is 22.9 Å². The summed E-state index contributed by atoms with van der Waals surface area (Å²) in [6.07, 6.45) is 1.69. The molecule has 4 nitrogen and oxygen atoms in total. The third kappa shape index (κ3) is 3.39. The van der Waals surface area contributed by atoms with Gasteiger partial charge >= 0.3 is 0 Å². The summed E-state index contributed by atoms with van der Waals surface area (Å²) in [5.74, 6) is 0. The third-order valence-corrected chi connectivity index (χ3v) is 5.33. The van der Waals surface area contributed by atoms with Crippen LogP contribution in [0.2, 0.25) is 0 Å². The van der Waals surface area contributed by atoms with Crippen molar-refractivity contribution in [2.45, 2.75) is 0 Å². The van der Waals surface area contributed by atoms with E-state index in [2.05, 4.69) is 11.1 Å². The quantitative estimate of drug-likeness (QED) is 0.417. The number of aromatic nitrogens is 2. The molecule has 31 heavy (non-hydrogen) atoms. The van der Waals surface area contributed by atoms with E-state index in [1.54, 1.807) is 18.3 Å². The van der Waals surface area contributed by atoms with E-state index in [-0.39, 0.29) is 5.56 Å². The summed E-state index contributed by atoms with van der Waals surface area (Å²) in [7, 11) is 0. The van der Waals surface area contributed by atoms with Gasteiger partial charge in [-0.2, -0.15) is 5.26 Å². The Balaban J connectivity index is 1.84. The second kappa shape index (κ2) is 7.74. The molecule has 0 aliphatic rings. The molecule has 0 unspecified atom stereocenters. The van der Waals surface area contributed by atoms with E-state index in [4.69, 9.17) is 10.2 Å². The number of nitrogens with zero attached hydrogens (tertiary/aromatic N) is 2. The Labute approximate surface area is 179 Å². The Hall–Kier alpha value is -4.49. The molecule has 0 saturated carbocycles. The Morgan fingerprint density at radius 2 is 1.35 bits per heavy atom. The highest BCUT2D eigenvalue weighted by Gasteiger charge is 2.16. The number of pyridine rings is 2. The molecule has 146 valence electrons. The molecule has 0 fully saturated rings. The minimum Gasteiger partial charge on any atom is -0.328 e. The van der Waals surface area contributed by atoms with Gasteiger partial charge in [-0.1, -0.05) is 72.8 Å². The van der Waals surface area contributed by atoms with Crippen molar-refractivity contribution in [2.24, 2.45) is 0 Å². The Morgan fingerprint density at radius 1 is 0.742 bits per heavy atom. The van der Waals surface area contributed by atoms with Crippen LogP contribution < -0.4 is 5.56 Å². The highest BCUT2D eigenvalue weighted by molar-refractivity contribution is 5.98. The maximum absolute atomic E-state index is 12.8. The van der Waals surface area contributed by atoms with Crippen LogP contribution in [0.3, 0.4) is 0 Å². The van der Waals surface area contributed by atoms with Crippen LogP contribution in [0.1, 0.15) is 5.56 Å². The zero-order chi connectivity index (χ0) is 21.2. The van der Waals surface area contributed by atoms with Crippen molar-refractivity contribution in [3.05, 3.63) is 113 Å². The summed E-state index contributed by atoms with van der Waals surface area (Å²) in [5.41, 5.74) is 6.44. The fourth-order valence-electron chi connectivity index (χ4n) is 3.77. The lowest BCUT2D eigenvalue weighted by Gasteiger charge is -2.13. The minimum absolute atomic E-state index is 0.184. The first-order valence-corrected chi connectivity index (χ1v) is 9.92. The predicted molar refractivity (Wildman–Crippen MR) is 123 cm³/mol. The SMILES string of the molecule is N#Cc1ccc(-c2c[nH]c(=O)c3cc(-c4ccccc4)c(-c4ccccc4)nc23)cc1. The Morgan fingerprint density at radius 3 is 2.00 bits per heavy atom. The Bertz CT molecular complexity index is 1480. The van der Waals surface area contributed by atoms with Crippen LogP contribution in [-0.4, -0.2) is 9.97 Å². The average molecular weight is 399 g/mol. The van der Waals surface area contributed by atoms with Crippen molar-refractivity contribution >= 4 is 10.9 Å². The second-order valence-electron chi connectivity index (χ2n) is 7.23. The van der Waals surface area contributed by atoms with Crippen molar-refractivity contribution < 1.29 is 0 Å². The van der Waals surface area contributed by atoms with Gasteiger partial charge in [0.1, 0.15) is 0 Å². The number of H-pyrrole nitrogens is 1. The predicted octanol–water partition coefficient (Wildman–Crippen LogP) is 5.80. The highest BCUT2D eigenvalue weighted by atomic mass is 16.1.